The lowest BCUT2D eigenvalue weighted by Crippen LogP contribution is -2.03. The van der Waals surface area contributed by atoms with Gasteiger partial charge in [0.1, 0.15) is 6.33 Å². The molecule has 18 heavy (non-hydrogen) atoms. The van der Waals surface area contributed by atoms with E-state index in [-0.39, 0.29) is 0 Å². The normalized spacial score (nSPS) is 10.7. The van der Waals surface area contributed by atoms with Gasteiger partial charge in [-0.05, 0) is 17.7 Å². The predicted molar refractivity (Wildman–Crippen MR) is 69.6 cm³/mol. The van der Waals surface area contributed by atoms with Crippen LogP contribution in [-0.4, -0.2) is 19.6 Å². The molecule has 0 radical (unpaired) electrons. The fourth-order valence-corrected chi connectivity index (χ4v) is 1.93. The van der Waals surface area contributed by atoms with Crippen molar-refractivity contribution >= 4 is 23.1 Å². The molecule has 0 amide bonds. The van der Waals surface area contributed by atoms with Crippen molar-refractivity contribution in [1.29, 1.82) is 0 Å². The first kappa shape index (κ1) is 11.0. The van der Waals surface area contributed by atoms with Crippen LogP contribution in [0.5, 0.6) is 0 Å². The first-order chi connectivity index (χ1) is 8.83. The molecule has 0 saturated heterocycles. The van der Waals surface area contributed by atoms with Gasteiger partial charge in [-0.1, -0.05) is 23.7 Å². The maximum atomic E-state index is 5.93. The van der Waals surface area contributed by atoms with Crippen molar-refractivity contribution in [3.8, 4) is 0 Å². The standard InChI is InChI=1S/C12H10ClN5/c13-10-3-1-2-9(6-10)7-15-11-12-17-16-8-18(12)5-4-14-11/h1-6,8H,7H2,(H,14,15). The smallest absolute Gasteiger partial charge is 0.203 e. The Kier molecular flexibility index (Phi) is 2.82. The molecule has 1 aromatic carbocycles. The monoisotopic (exact) mass is 259 g/mol. The zero-order valence-corrected chi connectivity index (χ0v) is 10.2. The van der Waals surface area contributed by atoms with Crippen LogP contribution in [0.4, 0.5) is 5.82 Å². The Morgan fingerprint density at radius 1 is 1.33 bits per heavy atom. The van der Waals surface area contributed by atoms with Gasteiger partial charge in [0.25, 0.3) is 0 Å². The summed E-state index contributed by atoms with van der Waals surface area (Å²) in [6, 6.07) is 7.69. The van der Waals surface area contributed by atoms with E-state index in [4.69, 9.17) is 11.6 Å². The highest BCUT2D eigenvalue weighted by atomic mass is 35.5. The van der Waals surface area contributed by atoms with Crippen LogP contribution in [0.15, 0.2) is 43.0 Å². The minimum Gasteiger partial charge on any atom is -0.363 e. The summed E-state index contributed by atoms with van der Waals surface area (Å²) >= 11 is 5.93. The number of fused-ring (bicyclic) bond motifs is 1. The summed E-state index contributed by atoms with van der Waals surface area (Å²) in [4.78, 5) is 4.25. The quantitative estimate of drug-likeness (QED) is 0.785. The molecule has 0 saturated carbocycles. The van der Waals surface area contributed by atoms with Gasteiger partial charge in [0.2, 0.25) is 5.65 Å². The number of nitrogens with zero attached hydrogens (tertiary/aromatic N) is 4. The number of hydrogen-bond acceptors (Lipinski definition) is 4. The Hall–Kier alpha value is -2.14. The molecule has 0 bridgehead atoms. The van der Waals surface area contributed by atoms with E-state index in [1.54, 1.807) is 18.7 Å². The fourth-order valence-electron chi connectivity index (χ4n) is 1.72. The molecule has 0 aliphatic carbocycles. The molecule has 0 spiro atoms. The Labute approximate surface area is 108 Å². The molecule has 0 aliphatic rings. The van der Waals surface area contributed by atoms with Gasteiger partial charge in [-0.2, -0.15) is 0 Å². The largest absolute Gasteiger partial charge is 0.363 e. The van der Waals surface area contributed by atoms with Crippen molar-refractivity contribution in [2.75, 3.05) is 5.32 Å². The molecule has 0 atom stereocenters. The number of halogens is 1. The average molecular weight is 260 g/mol. The second kappa shape index (κ2) is 4.62. The summed E-state index contributed by atoms with van der Waals surface area (Å²) in [5.74, 6) is 0.704. The third kappa shape index (κ3) is 2.12. The molecule has 0 fully saturated rings. The van der Waals surface area contributed by atoms with Gasteiger partial charge < -0.3 is 5.32 Å². The number of anilines is 1. The third-order valence-electron chi connectivity index (χ3n) is 2.56. The minimum absolute atomic E-state index is 0.639. The zero-order chi connectivity index (χ0) is 12.4. The molecule has 0 aliphatic heterocycles. The lowest BCUT2D eigenvalue weighted by atomic mass is 10.2. The summed E-state index contributed by atoms with van der Waals surface area (Å²) in [5.41, 5.74) is 1.80. The van der Waals surface area contributed by atoms with Crippen LogP contribution in [0.3, 0.4) is 0 Å². The summed E-state index contributed by atoms with van der Waals surface area (Å²) in [5, 5.41) is 11.8. The fraction of sp³-hybridized carbons (Fsp3) is 0.0833. The van der Waals surface area contributed by atoms with Crippen molar-refractivity contribution in [3.63, 3.8) is 0 Å². The molecular weight excluding hydrogens is 250 g/mol. The molecule has 5 nitrogen and oxygen atoms in total. The highest BCUT2D eigenvalue weighted by Crippen LogP contribution is 2.14. The molecule has 6 heteroatoms. The Morgan fingerprint density at radius 3 is 3.17 bits per heavy atom. The first-order valence-electron chi connectivity index (χ1n) is 5.45. The lowest BCUT2D eigenvalue weighted by Gasteiger charge is -2.06. The minimum atomic E-state index is 0.639. The maximum Gasteiger partial charge on any atom is 0.203 e. The Bertz CT molecular complexity index is 679. The molecule has 90 valence electrons. The van der Waals surface area contributed by atoms with Crippen LogP contribution in [-0.2, 0) is 6.54 Å². The Balaban J connectivity index is 1.83. The topological polar surface area (TPSA) is 55.1 Å². The molecule has 3 rings (SSSR count). The van der Waals surface area contributed by atoms with Gasteiger partial charge >= 0.3 is 0 Å². The van der Waals surface area contributed by atoms with Crippen molar-refractivity contribution in [3.05, 3.63) is 53.6 Å². The lowest BCUT2D eigenvalue weighted by molar-refractivity contribution is 1.07. The van der Waals surface area contributed by atoms with Gasteiger partial charge in [-0.25, -0.2) is 4.98 Å². The van der Waals surface area contributed by atoms with E-state index in [0.717, 1.165) is 10.6 Å². The van der Waals surface area contributed by atoms with Crippen LogP contribution < -0.4 is 5.32 Å². The zero-order valence-electron chi connectivity index (χ0n) is 9.42. The molecule has 0 unspecified atom stereocenters. The average Bonchev–Trinajstić information content (AvgIpc) is 2.85. The predicted octanol–water partition coefficient (Wildman–Crippen LogP) is 2.39. The number of benzene rings is 1. The van der Waals surface area contributed by atoms with Gasteiger partial charge in [-0.15, -0.1) is 10.2 Å². The third-order valence-corrected chi connectivity index (χ3v) is 2.80. The van der Waals surface area contributed by atoms with E-state index in [2.05, 4.69) is 20.5 Å². The SMILES string of the molecule is Clc1cccc(CNc2nccn3cnnc23)c1. The van der Waals surface area contributed by atoms with E-state index in [1.165, 1.54) is 0 Å². The van der Waals surface area contributed by atoms with Gasteiger partial charge in [0.15, 0.2) is 5.82 Å². The maximum absolute atomic E-state index is 5.93. The Morgan fingerprint density at radius 2 is 2.28 bits per heavy atom. The summed E-state index contributed by atoms with van der Waals surface area (Å²) < 4.78 is 1.81. The molecule has 2 aromatic heterocycles. The summed E-state index contributed by atoms with van der Waals surface area (Å²) in [6.45, 7) is 0.639. The van der Waals surface area contributed by atoms with Crippen LogP contribution in [0.1, 0.15) is 5.56 Å². The highest BCUT2D eigenvalue weighted by Gasteiger charge is 2.04. The van der Waals surface area contributed by atoms with Crippen molar-refractivity contribution in [1.82, 2.24) is 19.6 Å². The molecular formula is C12H10ClN5. The van der Waals surface area contributed by atoms with Gasteiger partial charge in [0.05, 0.1) is 0 Å². The highest BCUT2D eigenvalue weighted by molar-refractivity contribution is 6.30. The number of nitrogens with one attached hydrogen (secondary N) is 1. The molecule has 2 heterocycles. The number of hydrogen-bond donors (Lipinski definition) is 1. The van der Waals surface area contributed by atoms with Crippen molar-refractivity contribution in [2.24, 2.45) is 0 Å². The van der Waals surface area contributed by atoms with Gasteiger partial charge in [-0.3, -0.25) is 4.40 Å². The summed E-state index contributed by atoms with van der Waals surface area (Å²) in [6.07, 6.45) is 5.15. The second-order valence-corrected chi connectivity index (χ2v) is 4.26. The van der Waals surface area contributed by atoms with Crippen LogP contribution >= 0.6 is 11.6 Å². The van der Waals surface area contributed by atoms with Crippen molar-refractivity contribution < 1.29 is 0 Å². The number of aromatic nitrogens is 4. The van der Waals surface area contributed by atoms with Crippen LogP contribution in [0, 0.1) is 0 Å². The number of rotatable bonds is 3. The van der Waals surface area contributed by atoms with Crippen molar-refractivity contribution in [2.45, 2.75) is 6.54 Å². The van der Waals surface area contributed by atoms with E-state index in [9.17, 15) is 0 Å². The molecule has 1 N–H and O–H groups in total. The second-order valence-electron chi connectivity index (χ2n) is 3.82. The van der Waals surface area contributed by atoms with Crippen LogP contribution in [0.25, 0.3) is 5.65 Å². The molecule has 3 aromatic rings. The summed E-state index contributed by atoms with van der Waals surface area (Å²) in [7, 11) is 0. The van der Waals surface area contributed by atoms with E-state index in [1.807, 2.05) is 28.7 Å². The van der Waals surface area contributed by atoms with Gasteiger partial charge in [0, 0.05) is 24.0 Å². The first-order valence-corrected chi connectivity index (χ1v) is 5.83. The van der Waals surface area contributed by atoms with E-state index in [0.29, 0.717) is 18.0 Å². The van der Waals surface area contributed by atoms with E-state index >= 15 is 0 Å². The van der Waals surface area contributed by atoms with Crippen LogP contribution in [0.2, 0.25) is 5.02 Å². The van der Waals surface area contributed by atoms with E-state index < -0.39 is 0 Å².